The average molecular weight is 216 g/mol. The van der Waals surface area contributed by atoms with Crippen molar-refractivity contribution in [3.63, 3.8) is 0 Å². The summed E-state index contributed by atoms with van der Waals surface area (Å²) < 4.78 is 9.76. The smallest absolute Gasteiger partial charge is 0.306 e. The summed E-state index contributed by atoms with van der Waals surface area (Å²) in [5.41, 5.74) is 0. The van der Waals surface area contributed by atoms with Gasteiger partial charge >= 0.3 is 11.9 Å². The maximum absolute atomic E-state index is 11.2. The first-order valence-electron chi connectivity index (χ1n) is 5.30. The van der Waals surface area contributed by atoms with Crippen LogP contribution in [0.15, 0.2) is 0 Å². The van der Waals surface area contributed by atoms with Crippen molar-refractivity contribution in [1.29, 1.82) is 0 Å². The van der Waals surface area contributed by atoms with Gasteiger partial charge in [-0.3, -0.25) is 9.59 Å². The summed E-state index contributed by atoms with van der Waals surface area (Å²) in [6, 6.07) is 0. The summed E-state index contributed by atoms with van der Waals surface area (Å²) in [6.45, 7) is 7.57. The second-order valence-electron chi connectivity index (χ2n) is 3.86. The zero-order chi connectivity index (χ0) is 11.8. The predicted octanol–water partition coefficient (Wildman–Crippen LogP) is 1.92. The van der Waals surface area contributed by atoms with Crippen molar-refractivity contribution in [3.8, 4) is 0 Å². The molecule has 0 aromatic carbocycles. The molecule has 0 aliphatic heterocycles. The number of hydrogen-bond acceptors (Lipinski definition) is 4. The molecule has 0 saturated carbocycles. The van der Waals surface area contributed by atoms with Crippen LogP contribution in [-0.2, 0) is 19.1 Å². The quantitative estimate of drug-likeness (QED) is 0.636. The second-order valence-corrected chi connectivity index (χ2v) is 3.86. The van der Waals surface area contributed by atoms with E-state index in [-0.39, 0.29) is 36.8 Å². The Morgan fingerprint density at radius 2 is 1.60 bits per heavy atom. The Morgan fingerprint density at radius 3 is 2.07 bits per heavy atom. The molecule has 0 fully saturated rings. The first-order chi connectivity index (χ1) is 6.95. The Kier molecular flexibility index (Phi) is 6.75. The first-order valence-corrected chi connectivity index (χ1v) is 5.30. The Balaban J connectivity index is 3.77. The standard InChI is InChI=1S/C11H20O4/c1-5-14-10(12)6-9(4)7-11(13)15-8(2)3/h8-9H,5-7H2,1-4H3. The highest BCUT2D eigenvalue weighted by molar-refractivity contribution is 5.73. The molecule has 0 heterocycles. The fourth-order valence-electron chi connectivity index (χ4n) is 1.17. The molecule has 15 heavy (non-hydrogen) atoms. The van der Waals surface area contributed by atoms with Crippen LogP contribution in [-0.4, -0.2) is 24.6 Å². The van der Waals surface area contributed by atoms with Gasteiger partial charge in [-0.2, -0.15) is 0 Å². The zero-order valence-electron chi connectivity index (χ0n) is 9.91. The molecule has 0 aromatic rings. The highest BCUT2D eigenvalue weighted by Gasteiger charge is 2.15. The SMILES string of the molecule is CCOC(=O)CC(C)CC(=O)OC(C)C. The number of carbonyl (C=O) groups is 2. The Hall–Kier alpha value is -1.06. The zero-order valence-corrected chi connectivity index (χ0v) is 9.91. The molecule has 0 bridgehead atoms. The van der Waals surface area contributed by atoms with Gasteiger partial charge in [0.2, 0.25) is 0 Å². The van der Waals surface area contributed by atoms with Gasteiger partial charge in [-0.05, 0) is 26.7 Å². The van der Waals surface area contributed by atoms with E-state index in [0.717, 1.165) is 0 Å². The van der Waals surface area contributed by atoms with E-state index >= 15 is 0 Å². The van der Waals surface area contributed by atoms with Gasteiger partial charge in [0, 0.05) is 12.8 Å². The summed E-state index contributed by atoms with van der Waals surface area (Å²) in [7, 11) is 0. The highest BCUT2D eigenvalue weighted by Crippen LogP contribution is 2.10. The van der Waals surface area contributed by atoms with Crippen molar-refractivity contribution >= 4 is 11.9 Å². The molecule has 0 spiro atoms. The van der Waals surface area contributed by atoms with Crippen LogP contribution >= 0.6 is 0 Å². The third-order valence-corrected chi connectivity index (χ3v) is 1.70. The van der Waals surface area contributed by atoms with E-state index in [2.05, 4.69) is 0 Å². The number of carbonyl (C=O) groups excluding carboxylic acids is 2. The van der Waals surface area contributed by atoms with Crippen molar-refractivity contribution in [3.05, 3.63) is 0 Å². The Morgan fingerprint density at radius 1 is 1.07 bits per heavy atom. The van der Waals surface area contributed by atoms with E-state index in [1.54, 1.807) is 20.8 Å². The van der Waals surface area contributed by atoms with Crippen LogP contribution in [0.1, 0.15) is 40.5 Å². The predicted molar refractivity (Wildman–Crippen MR) is 56.3 cm³/mol. The van der Waals surface area contributed by atoms with Gasteiger partial charge in [-0.1, -0.05) is 6.92 Å². The van der Waals surface area contributed by atoms with Gasteiger partial charge in [0.15, 0.2) is 0 Å². The number of esters is 2. The highest BCUT2D eigenvalue weighted by atomic mass is 16.5. The van der Waals surface area contributed by atoms with Crippen LogP contribution in [0.3, 0.4) is 0 Å². The lowest BCUT2D eigenvalue weighted by atomic mass is 10.0. The second kappa shape index (κ2) is 7.26. The monoisotopic (exact) mass is 216 g/mol. The van der Waals surface area contributed by atoms with Crippen LogP contribution in [0.25, 0.3) is 0 Å². The molecule has 0 N–H and O–H groups in total. The average Bonchev–Trinajstić information content (AvgIpc) is 2.00. The van der Waals surface area contributed by atoms with Crippen LogP contribution < -0.4 is 0 Å². The normalized spacial score (nSPS) is 12.3. The molecule has 4 heteroatoms. The molecule has 4 nitrogen and oxygen atoms in total. The lowest BCUT2D eigenvalue weighted by Gasteiger charge is -2.12. The van der Waals surface area contributed by atoms with Crippen LogP contribution in [0.4, 0.5) is 0 Å². The molecule has 0 amide bonds. The lowest BCUT2D eigenvalue weighted by molar-refractivity contribution is -0.149. The van der Waals surface area contributed by atoms with Crippen molar-refractivity contribution in [2.75, 3.05) is 6.61 Å². The maximum atomic E-state index is 11.2. The molecule has 1 atom stereocenters. The van der Waals surface area contributed by atoms with E-state index in [9.17, 15) is 9.59 Å². The Bertz CT molecular complexity index is 211. The van der Waals surface area contributed by atoms with Crippen LogP contribution in [0.2, 0.25) is 0 Å². The fourth-order valence-corrected chi connectivity index (χ4v) is 1.17. The lowest BCUT2D eigenvalue weighted by Crippen LogP contribution is -2.17. The van der Waals surface area contributed by atoms with Gasteiger partial charge < -0.3 is 9.47 Å². The van der Waals surface area contributed by atoms with E-state index in [0.29, 0.717) is 6.61 Å². The molecule has 0 aromatic heterocycles. The van der Waals surface area contributed by atoms with Crippen molar-refractivity contribution < 1.29 is 19.1 Å². The minimum Gasteiger partial charge on any atom is -0.466 e. The molecule has 1 unspecified atom stereocenters. The summed E-state index contributed by atoms with van der Waals surface area (Å²) >= 11 is 0. The number of rotatable bonds is 6. The minimum atomic E-state index is -0.262. The summed E-state index contributed by atoms with van der Waals surface area (Å²) in [5.74, 6) is -0.556. The molecular weight excluding hydrogens is 196 g/mol. The molecule has 0 aliphatic carbocycles. The molecule has 0 saturated heterocycles. The molecular formula is C11H20O4. The van der Waals surface area contributed by atoms with Crippen LogP contribution in [0.5, 0.6) is 0 Å². The van der Waals surface area contributed by atoms with Gasteiger partial charge in [0.1, 0.15) is 0 Å². The number of ether oxygens (including phenoxy) is 2. The van der Waals surface area contributed by atoms with Crippen molar-refractivity contribution in [2.45, 2.75) is 46.6 Å². The topological polar surface area (TPSA) is 52.6 Å². The fraction of sp³-hybridized carbons (Fsp3) is 0.818. The maximum Gasteiger partial charge on any atom is 0.306 e. The summed E-state index contributed by atoms with van der Waals surface area (Å²) in [5, 5.41) is 0. The largest absolute Gasteiger partial charge is 0.466 e. The molecule has 0 aliphatic rings. The van der Waals surface area contributed by atoms with Gasteiger partial charge in [-0.25, -0.2) is 0 Å². The van der Waals surface area contributed by atoms with Gasteiger partial charge in [-0.15, -0.1) is 0 Å². The van der Waals surface area contributed by atoms with Crippen LogP contribution in [0, 0.1) is 5.92 Å². The molecule has 88 valence electrons. The number of hydrogen-bond donors (Lipinski definition) is 0. The third-order valence-electron chi connectivity index (χ3n) is 1.70. The summed E-state index contributed by atoms with van der Waals surface area (Å²) in [4.78, 5) is 22.3. The molecule has 0 radical (unpaired) electrons. The van der Waals surface area contributed by atoms with Gasteiger partial charge in [0.25, 0.3) is 0 Å². The van der Waals surface area contributed by atoms with Crippen molar-refractivity contribution in [2.24, 2.45) is 5.92 Å². The third kappa shape index (κ3) is 7.97. The van der Waals surface area contributed by atoms with E-state index in [4.69, 9.17) is 9.47 Å². The van der Waals surface area contributed by atoms with Crippen molar-refractivity contribution in [1.82, 2.24) is 0 Å². The first kappa shape index (κ1) is 13.9. The Labute approximate surface area is 90.9 Å². The molecule has 0 rings (SSSR count). The van der Waals surface area contributed by atoms with E-state index < -0.39 is 0 Å². The van der Waals surface area contributed by atoms with E-state index in [1.165, 1.54) is 0 Å². The minimum absolute atomic E-state index is 0.0321. The van der Waals surface area contributed by atoms with Gasteiger partial charge in [0.05, 0.1) is 12.7 Å². The summed E-state index contributed by atoms with van der Waals surface area (Å²) in [6.07, 6.45) is 0.421. The van der Waals surface area contributed by atoms with E-state index in [1.807, 2.05) is 6.92 Å².